The highest BCUT2D eigenvalue weighted by Gasteiger charge is 2.38. The highest BCUT2D eigenvalue weighted by atomic mass is 19.4. The molecule has 0 aromatic heterocycles. The van der Waals surface area contributed by atoms with Gasteiger partial charge in [0, 0.05) is 17.9 Å². The first kappa shape index (κ1) is 28.1. The van der Waals surface area contributed by atoms with Crippen molar-refractivity contribution in [2.24, 2.45) is 0 Å². The van der Waals surface area contributed by atoms with Gasteiger partial charge in [-0.1, -0.05) is 91.0 Å². The molecule has 0 aliphatic carbocycles. The maximum atomic E-state index is 13.5. The minimum atomic E-state index is -5.08. The van der Waals surface area contributed by atoms with E-state index in [-0.39, 0.29) is 11.9 Å². The third-order valence-corrected chi connectivity index (χ3v) is 5.56. The summed E-state index contributed by atoms with van der Waals surface area (Å²) in [6, 6.07) is 37.9. The van der Waals surface area contributed by atoms with Crippen LogP contribution >= 0.6 is 0 Å². The molecule has 4 aromatic rings. The van der Waals surface area contributed by atoms with Gasteiger partial charge in [0.1, 0.15) is 0 Å². The zero-order chi connectivity index (χ0) is 27.5. The lowest BCUT2D eigenvalue weighted by atomic mass is 9.99. The number of carboxylic acids is 1. The van der Waals surface area contributed by atoms with Gasteiger partial charge in [-0.15, -0.1) is 0 Å². The molecule has 0 saturated carbocycles. The second kappa shape index (κ2) is 13.2. The Labute approximate surface area is 219 Å². The van der Waals surface area contributed by atoms with Gasteiger partial charge in [0.25, 0.3) is 0 Å². The molecule has 4 rings (SSSR count). The second-order valence-electron chi connectivity index (χ2n) is 8.27. The van der Waals surface area contributed by atoms with Crippen molar-refractivity contribution in [1.82, 2.24) is 5.32 Å². The Morgan fingerprint density at radius 3 is 1.66 bits per heavy atom. The van der Waals surface area contributed by atoms with Crippen LogP contribution in [0.3, 0.4) is 0 Å². The third kappa shape index (κ3) is 7.78. The van der Waals surface area contributed by atoms with E-state index in [9.17, 15) is 18.0 Å². The van der Waals surface area contributed by atoms with Gasteiger partial charge in [0.2, 0.25) is 5.91 Å². The monoisotopic (exact) mass is 520 g/mol. The van der Waals surface area contributed by atoms with E-state index < -0.39 is 12.1 Å². The first-order valence-corrected chi connectivity index (χ1v) is 11.8. The van der Waals surface area contributed by atoms with Crippen LogP contribution in [0.25, 0.3) is 11.1 Å². The highest BCUT2D eigenvalue weighted by Crippen LogP contribution is 2.27. The number of nitrogens with one attached hydrogen (secondary N) is 1. The van der Waals surface area contributed by atoms with E-state index >= 15 is 0 Å². The van der Waals surface area contributed by atoms with Crippen molar-refractivity contribution in [3.63, 3.8) is 0 Å². The number of nitrogens with zero attached hydrogens (tertiary/aromatic N) is 1. The summed E-state index contributed by atoms with van der Waals surface area (Å²) in [5.74, 6) is -2.75. The van der Waals surface area contributed by atoms with Gasteiger partial charge in [-0.2, -0.15) is 13.2 Å². The fourth-order valence-corrected chi connectivity index (χ4v) is 3.68. The summed E-state index contributed by atoms with van der Waals surface area (Å²) in [6.45, 7) is 2.53. The quantitative estimate of drug-likeness (QED) is 0.280. The SMILES string of the molecule is CC(NCc1ccccc1-c1ccccc1)C(=O)N(c1ccccc1)c1ccccc1.O=C(O)C(F)(F)F. The molecule has 4 aromatic carbocycles. The maximum absolute atomic E-state index is 13.5. The second-order valence-corrected chi connectivity index (χ2v) is 8.27. The van der Waals surface area contributed by atoms with Gasteiger partial charge < -0.3 is 10.4 Å². The molecule has 0 aliphatic heterocycles. The summed E-state index contributed by atoms with van der Waals surface area (Å²) in [7, 11) is 0. The average Bonchev–Trinajstić information content (AvgIpc) is 2.93. The molecule has 0 aliphatic rings. The number of anilines is 2. The van der Waals surface area contributed by atoms with Crippen molar-refractivity contribution in [1.29, 1.82) is 0 Å². The number of carbonyl (C=O) groups is 2. The van der Waals surface area contributed by atoms with Gasteiger partial charge in [0.15, 0.2) is 0 Å². The smallest absolute Gasteiger partial charge is 0.475 e. The standard InChI is InChI=1S/C28H26N2O.C2HF3O2/c1-22(29-21-24-15-11-12-20-27(24)23-13-5-2-6-14-23)28(31)30(25-16-7-3-8-17-25)26-18-9-4-10-19-26;3-2(4,5)1(6)7/h2-20,22,29H,21H2,1H3;(H,6,7). The van der Waals surface area contributed by atoms with Gasteiger partial charge in [-0.05, 0) is 47.9 Å². The van der Waals surface area contributed by atoms with Crippen LogP contribution < -0.4 is 10.2 Å². The van der Waals surface area contributed by atoms with E-state index in [1.165, 1.54) is 16.7 Å². The molecule has 38 heavy (non-hydrogen) atoms. The minimum Gasteiger partial charge on any atom is -0.475 e. The van der Waals surface area contributed by atoms with Gasteiger partial charge >= 0.3 is 12.1 Å². The summed E-state index contributed by atoms with van der Waals surface area (Å²) in [5, 5.41) is 10.6. The molecule has 0 heterocycles. The Bertz CT molecular complexity index is 1280. The Hall–Kier alpha value is -4.43. The Morgan fingerprint density at radius 1 is 0.763 bits per heavy atom. The van der Waals surface area contributed by atoms with Crippen molar-refractivity contribution >= 4 is 23.3 Å². The number of hydrogen-bond donors (Lipinski definition) is 2. The molecule has 1 unspecified atom stereocenters. The van der Waals surface area contributed by atoms with Crippen LogP contribution in [0, 0.1) is 0 Å². The molecule has 0 saturated heterocycles. The number of hydrogen-bond acceptors (Lipinski definition) is 3. The fraction of sp³-hybridized carbons (Fsp3) is 0.133. The van der Waals surface area contributed by atoms with Gasteiger partial charge in [-0.25, -0.2) is 4.79 Å². The normalized spacial score (nSPS) is 11.6. The molecule has 2 N–H and O–H groups in total. The van der Waals surface area contributed by atoms with E-state index in [2.05, 4.69) is 29.6 Å². The predicted octanol–water partition coefficient (Wildman–Crippen LogP) is 6.83. The molecular weight excluding hydrogens is 493 g/mol. The molecule has 5 nitrogen and oxygen atoms in total. The number of carbonyl (C=O) groups excluding carboxylic acids is 1. The van der Waals surface area contributed by atoms with Crippen molar-refractivity contribution in [3.05, 3.63) is 121 Å². The zero-order valence-electron chi connectivity index (χ0n) is 20.6. The maximum Gasteiger partial charge on any atom is 0.490 e. The van der Waals surface area contributed by atoms with Crippen LogP contribution in [0.5, 0.6) is 0 Å². The topological polar surface area (TPSA) is 69.6 Å². The lowest BCUT2D eigenvalue weighted by Crippen LogP contribution is -2.42. The summed E-state index contributed by atoms with van der Waals surface area (Å²) >= 11 is 0. The number of carboxylic acid groups (broad SMARTS) is 1. The molecule has 0 radical (unpaired) electrons. The van der Waals surface area contributed by atoms with E-state index in [1.807, 2.05) is 97.9 Å². The van der Waals surface area contributed by atoms with Gasteiger partial charge in [-0.3, -0.25) is 9.69 Å². The van der Waals surface area contributed by atoms with E-state index in [0.29, 0.717) is 6.54 Å². The predicted molar refractivity (Wildman–Crippen MR) is 142 cm³/mol. The molecule has 1 amide bonds. The van der Waals surface area contributed by atoms with Crippen LogP contribution in [0.1, 0.15) is 12.5 Å². The highest BCUT2D eigenvalue weighted by molar-refractivity contribution is 6.03. The third-order valence-electron chi connectivity index (χ3n) is 5.56. The van der Waals surface area contributed by atoms with E-state index in [0.717, 1.165) is 11.4 Å². The molecule has 0 bridgehead atoms. The summed E-state index contributed by atoms with van der Waals surface area (Å²) in [4.78, 5) is 24.2. The van der Waals surface area contributed by atoms with Crippen molar-refractivity contribution in [2.45, 2.75) is 25.7 Å². The largest absolute Gasteiger partial charge is 0.490 e. The van der Waals surface area contributed by atoms with Crippen LogP contribution in [0.2, 0.25) is 0 Å². The molecule has 8 heteroatoms. The Balaban J connectivity index is 0.000000505. The minimum absolute atomic E-state index is 0.00888. The molecule has 0 fully saturated rings. The van der Waals surface area contributed by atoms with Gasteiger partial charge in [0.05, 0.1) is 6.04 Å². The molecule has 1 atom stereocenters. The first-order chi connectivity index (χ1) is 18.2. The van der Waals surface area contributed by atoms with E-state index in [4.69, 9.17) is 9.90 Å². The molecular formula is C30H27F3N2O3. The molecule has 0 spiro atoms. The number of rotatable bonds is 7. The summed E-state index contributed by atoms with van der Waals surface area (Å²) in [6.07, 6.45) is -5.08. The van der Waals surface area contributed by atoms with Crippen LogP contribution in [-0.4, -0.2) is 29.2 Å². The number of aliphatic carboxylic acids is 1. The first-order valence-electron chi connectivity index (χ1n) is 11.8. The molecule has 196 valence electrons. The zero-order valence-corrected chi connectivity index (χ0v) is 20.6. The van der Waals surface area contributed by atoms with Crippen LogP contribution in [-0.2, 0) is 16.1 Å². The Kier molecular flexibility index (Phi) is 9.79. The average molecular weight is 521 g/mol. The van der Waals surface area contributed by atoms with Crippen LogP contribution in [0.4, 0.5) is 24.5 Å². The Morgan fingerprint density at radius 2 is 1.18 bits per heavy atom. The van der Waals surface area contributed by atoms with Crippen molar-refractivity contribution in [2.75, 3.05) is 4.90 Å². The number of benzene rings is 4. The number of alkyl halides is 3. The summed E-state index contributed by atoms with van der Waals surface area (Å²) in [5.41, 5.74) is 5.24. The lowest BCUT2D eigenvalue weighted by Gasteiger charge is -2.27. The fourth-order valence-electron chi connectivity index (χ4n) is 3.68. The van der Waals surface area contributed by atoms with Crippen LogP contribution in [0.15, 0.2) is 115 Å². The number of amides is 1. The number of halogens is 3. The lowest BCUT2D eigenvalue weighted by molar-refractivity contribution is -0.192. The van der Waals surface area contributed by atoms with E-state index in [1.54, 1.807) is 4.90 Å². The van der Waals surface area contributed by atoms with Crippen molar-refractivity contribution < 1.29 is 27.9 Å². The number of para-hydroxylation sites is 2. The van der Waals surface area contributed by atoms with Crippen molar-refractivity contribution in [3.8, 4) is 11.1 Å². The summed E-state index contributed by atoms with van der Waals surface area (Å²) < 4.78 is 31.7.